The highest BCUT2D eigenvalue weighted by atomic mass is 19.4. The SMILES string of the molecule is OC(COc1cccc2ncccc12)(c1ccc2c(cnn2-c2ccccc2)c1)C(F)(F)F. The fourth-order valence-corrected chi connectivity index (χ4v) is 3.78. The molecule has 0 saturated carbocycles. The van der Waals surface area contributed by atoms with Crippen molar-refractivity contribution >= 4 is 21.8 Å². The average molecular weight is 449 g/mol. The molecule has 0 amide bonds. The van der Waals surface area contributed by atoms with E-state index in [1.54, 1.807) is 41.2 Å². The van der Waals surface area contributed by atoms with Crippen LogP contribution in [0.5, 0.6) is 5.75 Å². The molecule has 0 saturated heterocycles. The highest BCUT2D eigenvalue weighted by Crippen LogP contribution is 2.41. The molecule has 1 atom stereocenters. The number of fused-ring (bicyclic) bond motifs is 2. The van der Waals surface area contributed by atoms with Crippen molar-refractivity contribution in [2.45, 2.75) is 11.8 Å². The molecule has 0 aliphatic carbocycles. The van der Waals surface area contributed by atoms with Gasteiger partial charge in [-0.3, -0.25) is 4.98 Å². The fourth-order valence-electron chi connectivity index (χ4n) is 3.78. The van der Waals surface area contributed by atoms with E-state index in [0.717, 1.165) is 5.69 Å². The van der Waals surface area contributed by atoms with Gasteiger partial charge in [0.1, 0.15) is 12.4 Å². The summed E-state index contributed by atoms with van der Waals surface area (Å²) in [6.45, 7) is -1.01. The average Bonchev–Trinajstić information content (AvgIpc) is 3.25. The van der Waals surface area contributed by atoms with Gasteiger partial charge in [0.15, 0.2) is 0 Å². The maximum absolute atomic E-state index is 14.1. The zero-order valence-corrected chi connectivity index (χ0v) is 17.2. The van der Waals surface area contributed by atoms with Crippen LogP contribution < -0.4 is 4.74 Å². The number of alkyl halides is 3. The summed E-state index contributed by atoms with van der Waals surface area (Å²) in [4.78, 5) is 4.18. The molecule has 2 aromatic heterocycles. The number of halogens is 3. The zero-order chi connectivity index (χ0) is 23.1. The van der Waals surface area contributed by atoms with Gasteiger partial charge in [0, 0.05) is 17.0 Å². The van der Waals surface area contributed by atoms with E-state index < -0.39 is 18.4 Å². The number of rotatable bonds is 5. The van der Waals surface area contributed by atoms with Gasteiger partial charge in [-0.25, -0.2) is 4.68 Å². The molecule has 2 heterocycles. The molecule has 1 unspecified atom stereocenters. The lowest BCUT2D eigenvalue weighted by molar-refractivity contribution is -0.275. The lowest BCUT2D eigenvalue weighted by atomic mass is 9.93. The largest absolute Gasteiger partial charge is 0.489 e. The topological polar surface area (TPSA) is 60.2 Å². The lowest BCUT2D eigenvalue weighted by Gasteiger charge is -2.31. The standard InChI is InChI=1S/C25H18F3N3O2/c26-25(27,28)24(32,16-33-23-10-4-9-21-20(23)8-5-13-29-21)18-11-12-22-17(14-18)15-30-31(22)19-6-2-1-3-7-19/h1-15,32H,16H2. The third kappa shape index (κ3) is 3.68. The smallest absolute Gasteiger partial charge is 0.424 e. The van der Waals surface area contributed by atoms with Crippen molar-refractivity contribution in [2.75, 3.05) is 6.61 Å². The van der Waals surface area contributed by atoms with Crippen LogP contribution >= 0.6 is 0 Å². The number of aliphatic hydroxyl groups is 1. The van der Waals surface area contributed by atoms with Crippen molar-refractivity contribution in [3.05, 3.63) is 96.8 Å². The summed E-state index contributed by atoms with van der Waals surface area (Å²) in [6.07, 6.45) is -1.91. The first-order chi connectivity index (χ1) is 15.9. The summed E-state index contributed by atoms with van der Waals surface area (Å²) in [5.41, 5.74) is -1.57. The number of hydrogen-bond acceptors (Lipinski definition) is 4. The van der Waals surface area contributed by atoms with E-state index in [4.69, 9.17) is 4.74 Å². The van der Waals surface area contributed by atoms with Gasteiger partial charge in [-0.1, -0.05) is 30.3 Å². The molecule has 0 bridgehead atoms. The molecular formula is C25H18F3N3O2. The predicted molar refractivity (Wildman–Crippen MR) is 118 cm³/mol. The van der Waals surface area contributed by atoms with Crippen LogP contribution in [0.25, 0.3) is 27.5 Å². The third-order valence-electron chi connectivity index (χ3n) is 5.56. The fraction of sp³-hybridized carbons (Fsp3) is 0.120. The monoisotopic (exact) mass is 449 g/mol. The maximum Gasteiger partial charge on any atom is 0.424 e. The van der Waals surface area contributed by atoms with Crippen molar-refractivity contribution in [3.8, 4) is 11.4 Å². The molecule has 0 radical (unpaired) electrons. The molecule has 3 aromatic carbocycles. The van der Waals surface area contributed by atoms with Crippen LogP contribution in [-0.2, 0) is 5.60 Å². The second-order valence-corrected chi connectivity index (χ2v) is 7.64. The van der Waals surface area contributed by atoms with Gasteiger partial charge >= 0.3 is 6.18 Å². The van der Waals surface area contributed by atoms with E-state index in [1.807, 2.05) is 30.3 Å². The van der Waals surface area contributed by atoms with Gasteiger partial charge in [0.25, 0.3) is 0 Å². The summed E-state index contributed by atoms with van der Waals surface area (Å²) in [5.74, 6) is 0.209. The van der Waals surface area contributed by atoms with Crippen LogP contribution in [0.2, 0.25) is 0 Å². The Morgan fingerprint density at radius 1 is 0.909 bits per heavy atom. The molecule has 5 aromatic rings. The summed E-state index contributed by atoms with van der Waals surface area (Å²) in [6, 6.07) is 21.6. The number of benzene rings is 3. The van der Waals surface area contributed by atoms with Gasteiger partial charge in [-0.15, -0.1) is 0 Å². The first-order valence-corrected chi connectivity index (χ1v) is 10.2. The van der Waals surface area contributed by atoms with Crippen LogP contribution in [0.15, 0.2) is 91.3 Å². The first kappa shape index (κ1) is 21.0. The third-order valence-corrected chi connectivity index (χ3v) is 5.56. The van der Waals surface area contributed by atoms with Crippen LogP contribution in [0.4, 0.5) is 13.2 Å². The second kappa shape index (κ2) is 7.90. The Morgan fingerprint density at radius 3 is 2.52 bits per heavy atom. The number of nitrogens with zero attached hydrogens (tertiary/aromatic N) is 3. The Morgan fingerprint density at radius 2 is 1.73 bits per heavy atom. The highest BCUT2D eigenvalue weighted by Gasteiger charge is 2.56. The molecular weight excluding hydrogens is 431 g/mol. The Hall–Kier alpha value is -3.91. The molecule has 0 fully saturated rings. The van der Waals surface area contributed by atoms with E-state index in [-0.39, 0.29) is 11.3 Å². The molecule has 0 aliphatic rings. The Balaban J connectivity index is 1.52. The maximum atomic E-state index is 14.1. The van der Waals surface area contributed by atoms with Crippen molar-refractivity contribution in [1.29, 1.82) is 0 Å². The van der Waals surface area contributed by atoms with E-state index in [1.165, 1.54) is 24.4 Å². The molecule has 0 aliphatic heterocycles. The van der Waals surface area contributed by atoms with Crippen LogP contribution in [0, 0.1) is 0 Å². The number of ether oxygens (including phenoxy) is 1. The second-order valence-electron chi connectivity index (χ2n) is 7.64. The van der Waals surface area contributed by atoms with Crippen LogP contribution in [0.3, 0.4) is 0 Å². The Bertz CT molecular complexity index is 1430. The Kier molecular flexibility index (Phi) is 5.02. The van der Waals surface area contributed by atoms with Gasteiger partial charge in [-0.2, -0.15) is 18.3 Å². The normalized spacial score (nSPS) is 13.8. The van der Waals surface area contributed by atoms with E-state index >= 15 is 0 Å². The molecule has 33 heavy (non-hydrogen) atoms. The predicted octanol–water partition coefficient (Wildman–Crippen LogP) is 5.40. The number of pyridine rings is 1. The zero-order valence-electron chi connectivity index (χ0n) is 17.2. The molecule has 166 valence electrons. The summed E-state index contributed by atoms with van der Waals surface area (Å²) >= 11 is 0. The molecule has 1 N–H and O–H groups in total. The summed E-state index contributed by atoms with van der Waals surface area (Å²) in [5, 5.41) is 16.2. The minimum atomic E-state index is -4.97. The van der Waals surface area contributed by atoms with Gasteiger partial charge < -0.3 is 9.84 Å². The number of hydrogen-bond donors (Lipinski definition) is 1. The molecule has 0 spiro atoms. The van der Waals surface area contributed by atoms with E-state index in [2.05, 4.69) is 10.1 Å². The van der Waals surface area contributed by atoms with Crippen LogP contribution in [0.1, 0.15) is 5.56 Å². The van der Waals surface area contributed by atoms with E-state index in [0.29, 0.717) is 21.8 Å². The number of para-hydroxylation sites is 1. The molecule has 5 nitrogen and oxygen atoms in total. The minimum absolute atomic E-state index is 0.209. The summed E-state index contributed by atoms with van der Waals surface area (Å²) < 4.78 is 49.5. The van der Waals surface area contributed by atoms with Crippen molar-refractivity contribution in [1.82, 2.24) is 14.8 Å². The van der Waals surface area contributed by atoms with Gasteiger partial charge in [0.2, 0.25) is 5.60 Å². The van der Waals surface area contributed by atoms with Crippen molar-refractivity contribution < 1.29 is 23.0 Å². The van der Waals surface area contributed by atoms with Gasteiger partial charge in [0.05, 0.1) is 22.9 Å². The molecule has 8 heteroatoms. The quantitative estimate of drug-likeness (QED) is 0.390. The van der Waals surface area contributed by atoms with E-state index in [9.17, 15) is 18.3 Å². The van der Waals surface area contributed by atoms with Crippen LogP contribution in [-0.4, -0.2) is 32.7 Å². The van der Waals surface area contributed by atoms with Crippen molar-refractivity contribution in [2.24, 2.45) is 0 Å². The highest BCUT2D eigenvalue weighted by molar-refractivity contribution is 5.85. The lowest BCUT2D eigenvalue weighted by Crippen LogP contribution is -2.47. The first-order valence-electron chi connectivity index (χ1n) is 10.2. The number of aromatic nitrogens is 3. The minimum Gasteiger partial charge on any atom is -0.489 e. The van der Waals surface area contributed by atoms with Gasteiger partial charge in [-0.05, 0) is 54.1 Å². The van der Waals surface area contributed by atoms with Crippen molar-refractivity contribution in [3.63, 3.8) is 0 Å². The Labute approximate surface area is 186 Å². The molecule has 5 rings (SSSR count). The summed E-state index contributed by atoms with van der Waals surface area (Å²) in [7, 11) is 0.